The molecule has 120 valence electrons. The summed E-state index contributed by atoms with van der Waals surface area (Å²) >= 11 is 0. The van der Waals surface area contributed by atoms with Crippen LogP contribution in [-0.2, 0) is 0 Å². The quantitative estimate of drug-likeness (QED) is 0.540. The maximum Gasteiger partial charge on any atom is 0.122 e. The molecule has 0 saturated heterocycles. The van der Waals surface area contributed by atoms with Crippen LogP contribution in [0.1, 0.15) is 82.4 Å². The van der Waals surface area contributed by atoms with Crippen LogP contribution in [0.25, 0.3) is 0 Å². The highest BCUT2D eigenvalue weighted by Gasteiger charge is 2.04. The fraction of sp³-hybridized carbons (Fsp3) is 0.684. The van der Waals surface area contributed by atoms with Crippen LogP contribution in [0, 0.1) is 6.92 Å². The molecule has 1 aromatic rings. The summed E-state index contributed by atoms with van der Waals surface area (Å²) in [5.74, 6) is 0.947. The molecule has 0 heterocycles. The third-order valence-corrected chi connectivity index (χ3v) is 3.94. The zero-order valence-electron chi connectivity index (χ0n) is 14.0. The number of hydrogen-bond acceptors (Lipinski definition) is 2. The van der Waals surface area contributed by atoms with Gasteiger partial charge in [-0.3, -0.25) is 0 Å². The van der Waals surface area contributed by atoms with Gasteiger partial charge in [0, 0.05) is 0 Å². The van der Waals surface area contributed by atoms with Crippen LogP contribution >= 0.6 is 0 Å². The van der Waals surface area contributed by atoms with Crippen molar-refractivity contribution in [2.75, 3.05) is 6.61 Å². The van der Waals surface area contributed by atoms with Crippen molar-refractivity contribution < 1.29 is 9.84 Å². The summed E-state index contributed by atoms with van der Waals surface area (Å²) < 4.78 is 5.83. The highest BCUT2D eigenvalue weighted by Crippen LogP contribution is 2.23. The van der Waals surface area contributed by atoms with Crippen LogP contribution in [0.5, 0.6) is 5.75 Å². The molecular formula is C19H32O2. The lowest BCUT2D eigenvalue weighted by Gasteiger charge is -2.12. The van der Waals surface area contributed by atoms with Gasteiger partial charge in [0.15, 0.2) is 0 Å². The Hall–Kier alpha value is -1.02. The predicted octanol–water partition coefficient (Wildman–Crippen LogP) is 5.57. The predicted molar refractivity (Wildman–Crippen MR) is 89.9 cm³/mol. The van der Waals surface area contributed by atoms with E-state index >= 15 is 0 Å². The highest BCUT2D eigenvalue weighted by molar-refractivity contribution is 5.36. The lowest BCUT2D eigenvalue weighted by Crippen LogP contribution is -2.00. The van der Waals surface area contributed by atoms with E-state index in [1.807, 2.05) is 25.1 Å². The first kappa shape index (κ1) is 18.0. The Bertz CT molecular complexity index is 385. The maximum atomic E-state index is 9.55. The first-order valence-electron chi connectivity index (χ1n) is 8.56. The monoisotopic (exact) mass is 292 g/mol. The Labute approximate surface area is 130 Å². The fourth-order valence-corrected chi connectivity index (χ4v) is 2.51. The van der Waals surface area contributed by atoms with E-state index in [1.54, 1.807) is 6.92 Å². The Morgan fingerprint density at radius 1 is 1.00 bits per heavy atom. The summed E-state index contributed by atoms with van der Waals surface area (Å²) in [4.78, 5) is 0. The molecule has 0 spiro atoms. The normalized spacial score (nSPS) is 12.4. The van der Waals surface area contributed by atoms with Gasteiger partial charge in [-0.25, -0.2) is 0 Å². The molecule has 2 heteroatoms. The molecule has 0 aliphatic heterocycles. The van der Waals surface area contributed by atoms with Crippen molar-refractivity contribution in [3.8, 4) is 5.75 Å². The van der Waals surface area contributed by atoms with Gasteiger partial charge in [-0.2, -0.15) is 0 Å². The molecule has 1 rings (SSSR count). The van der Waals surface area contributed by atoms with Crippen LogP contribution in [0.3, 0.4) is 0 Å². The van der Waals surface area contributed by atoms with Gasteiger partial charge in [0.1, 0.15) is 5.75 Å². The van der Waals surface area contributed by atoms with E-state index in [-0.39, 0.29) is 0 Å². The van der Waals surface area contributed by atoms with Crippen LogP contribution < -0.4 is 4.74 Å². The van der Waals surface area contributed by atoms with Crippen molar-refractivity contribution in [2.45, 2.75) is 78.2 Å². The molecule has 0 unspecified atom stereocenters. The van der Waals surface area contributed by atoms with Crippen LogP contribution in [-0.4, -0.2) is 11.7 Å². The number of ether oxygens (including phenoxy) is 1. The standard InChI is InChI=1S/C19H32O2/c1-4-5-6-7-8-9-10-11-14-21-19-13-12-18(17(3)20)15-16(19)2/h12-13,15,17,20H,4-11,14H2,1-3H3/t17-/m0/s1. The Balaban J connectivity index is 2.13. The Morgan fingerprint density at radius 2 is 1.62 bits per heavy atom. The Morgan fingerprint density at radius 3 is 2.19 bits per heavy atom. The topological polar surface area (TPSA) is 29.5 Å². The van der Waals surface area contributed by atoms with E-state index in [9.17, 15) is 5.11 Å². The average Bonchev–Trinajstić information content (AvgIpc) is 2.46. The van der Waals surface area contributed by atoms with E-state index in [0.29, 0.717) is 0 Å². The van der Waals surface area contributed by atoms with Crippen molar-refractivity contribution >= 4 is 0 Å². The van der Waals surface area contributed by atoms with E-state index in [0.717, 1.165) is 29.9 Å². The van der Waals surface area contributed by atoms with E-state index < -0.39 is 6.10 Å². The zero-order valence-corrected chi connectivity index (χ0v) is 14.0. The lowest BCUT2D eigenvalue weighted by atomic mass is 10.1. The molecule has 21 heavy (non-hydrogen) atoms. The molecule has 0 aromatic heterocycles. The van der Waals surface area contributed by atoms with Gasteiger partial charge in [-0.1, -0.05) is 57.9 Å². The second-order valence-electron chi connectivity index (χ2n) is 6.02. The van der Waals surface area contributed by atoms with Crippen LogP contribution in [0.2, 0.25) is 0 Å². The summed E-state index contributed by atoms with van der Waals surface area (Å²) in [5.41, 5.74) is 2.06. The first-order valence-corrected chi connectivity index (χ1v) is 8.56. The summed E-state index contributed by atoms with van der Waals surface area (Å²) in [5, 5.41) is 9.55. The molecule has 0 aliphatic rings. The van der Waals surface area contributed by atoms with Gasteiger partial charge in [0.05, 0.1) is 12.7 Å². The number of aliphatic hydroxyl groups is 1. The SMILES string of the molecule is CCCCCCCCCCOc1ccc([C@H](C)O)cc1C. The van der Waals surface area contributed by atoms with E-state index in [1.165, 1.54) is 44.9 Å². The highest BCUT2D eigenvalue weighted by atomic mass is 16.5. The first-order chi connectivity index (χ1) is 10.1. The molecule has 0 radical (unpaired) electrons. The van der Waals surface area contributed by atoms with Gasteiger partial charge in [0.25, 0.3) is 0 Å². The molecule has 0 aliphatic carbocycles. The molecule has 0 saturated carbocycles. The summed E-state index contributed by atoms with van der Waals surface area (Å²) in [6, 6.07) is 5.93. The van der Waals surface area contributed by atoms with Gasteiger partial charge in [0.2, 0.25) is 0 Å². The number of aryl methyl sites for hydroxylation is 1. The van der Waals surface area contributed by atoms with Gasteiger partial charge in [-0.15, -0.1) is 0 Å². The van der Waals surface area contributed by atoms with Crippen molar-refractivity contribution in [1.29, 1.82) is 0 Å². The number of rotatable bonds is 11. The van der Waals surface area contributed by atoms with Crippen molar-refractivity contribution in [1.82, 2.24) is 0 Å². The largest absolute Gasteiger partial charge is 0.493 e. The van der Waals surface area contributed by atoms with E-state index in [4.69, 9.17) is 4.74 Å². The molecule has 0 bridgehead atoms. The van der Waals surface area contributed by atoms with Gasteiger partial charge < -0.3 is 9.84 Å². The minimum Gasteiger partial charge on any atom is -0.493 e. The second kappa shape index (κ2) is 10.7. The van der Waals surface area contributed by atoms with Crippen LogP contribution in [0.15, 0.2) is 18.2 Å². The van der Waals surface area contributed by atoms with Crippen molar-refractivity contribution in [2.24, 2.45) is 0 Å². The number of benzene rings is 1. The summed E-state index contributed by atoms with van der Waals surface area (Å²) in [6.07, 6.45) is 10.1. The minimum absolute atomic E-state index is 0.412. The molecule has 1 atom stereocenters. The fourth-order valence-electron chi connectivity index (χ4n) is 2.51. The smallest absolute Gasteiger partial charge is 0.122 e. The maximum absolute atomic E-state index is 9.55. The lowest BCUT2D eigenvalue weighted by molar-refractivity contribution is 0.199. The zero-order chi connectivity index (χ0) is 15.5. The number of hydrogen-bond donors (Lipinski definition) is 1. The van der Waals surface area contributed by atoms with Gasteiger partial charge >= 0.3 is 0 Å². The average molecular weight is 292 g/mol. The summed E-state index contributed by atoms with van der Waals surface area (Å²) in [7, 11) is 0. The third kappa shape index (κ3) is 7.52. The molecule has 1 N–H and O–H groups in total. The third-order valence-electron chi connectivity index (χ3n) is 3.94. The van der Waals surface area contributed by atoms with Crippen molar-refractivity contribution in [3.05, 3.63) is 29.3 Å². The molecule has 0 fully saturated rings. The number of unbranched alkanes of at least 4 members (excludes halogenated alkanes) is 7. The Kier molecular flexibility index (Phi) is 9.16. The van der Waals surface area contributed by atoms with Gasteiger partial charge in [-0.05, 0) is 43.5 Å². The number of aliphatic hydroxyl groups excluding tert-OH is 1. The molecule has 1 aromatic carbocycles. The molecule has 2 nitrogen and oxygen atoms in total. The minimum atomic E-state index is -0.412. The van der Waals surface area contributed by atoms with Crippen molar-refractivity contribution in [3.63, 3.8) is 0 Å². The van der Waals surface area contributed by atoms with E-state index in [2.05, 4.69) is 6.92 Å². The van der Waals surface area contributed by atoms with Crippen LogP contribution in [0.4, 0.5) is 0 Å². The molecular weight excluding hydrogens is 260 g/mol. The second-order valence-corrected chi connectivity index (χ2v) is 6.02. The molecule has 0 amide bonds. The summed E-state index contributed by atoms with van der Waals surface area (Å²) in [6.45, 7) is 6.88.